The normalized spacial score (nSPS) is 16.3. The van der Waals surface area contributed by atoms with Gasteiger partial charge in [0, 0.05) is 46.2 Å². The number of benzene rings is 3. The average Bonchev–Trinajstić information content (AvgIpc) is 2.95. The number of carbonyl (C=O) groups excluding carboxylic acids is 1. The summed E-state index contributed by atoms with van der Waals surface area (Å²) in [5, 5.41) is 0.513. The van der Waals surface area contributed by atoms with Gasteiger partial charge in [-0.05, 0) is 35.9 Å². The van der Waals surface area contributed by atoms with Crippen LogP contribution in [-0.2, 0) is 5.41 Å². The van der Waals surface area contributed by atoms with Crippen LogP contribution >= 0.6 is 11.6 Å². The van der Waals surface area contributed by atoms with E-state index >= 15 is 0 Å². The van der Waals surface area contributed by atoms with E-state index in [4.69, 9.17) is 11.6 Å². The minimum atomic E-state index is -0.125. The predicted octanol–water partition coefficient (Wildman–Crippen LogP) is 6.58. The topological polar surface area (TPSA) is 32.7 Å². The number of ketones is 1. The zero-order valence-electron chi connectivity index (χ0n) is 17.3. The quantitative estimate of drug-likeness (QED) is 0.356. The molecule has 0 fully saturated rings. The SMILES string of the molecule is CN1/C(=C\C=Nc2ccc(Cl)cc2C(=O)c2ccccc2)C(C)(C)c2ccccc21. The fourth-order valence-corrected chi connectivity index (χ4v) is 4.21. The first-order valence-corrected chi connectivity index (χ1v) is 10.2. The highest BCUT2D eigenvalue weighted by molar-refractivity contribution is 6.31. The third-order valence-corrected chi connectivity index (χ3v) is 5.86. The van der Waals surface area contributed by atoms with Crippen LogP contribution in [0.5, 0.6) is 0 Å². The molecule has 0 N–H and O–H groups in total. The van der Waals surface area contributed by atoms with Crippen molar-refractivity contribution in [3.8, 4) is 0 Å². The van der Waals surface area contributed by atoms with Gasteiger partial charge in [0.25, 0.3) is 0 Å². The molecule has 1 aliphatic heterocycles. The molecule has 0 amide bonds. The Hall–Kier alpha value is -3.17. The summed E-state index contributed by atoms with van der Waals surface area (Å²) in [6.45, 7) is 4.42. The zero-order chi connectivity index (χ0) is 21.3. The highest BCUT2D eigenvalue weighted by atomic mass is 35.5. The Morgan fingerprint density at radius 1 is 1.00 bits per heavy atom. The number of halogens is 1. The largest absolute Gasteiger partial charge is 0.347 e. The van der Waals surface area contributed by atoms with Crippen molar-refractivity contribution in [2.45, 2.75) is 19.3 Å². The van der Waals surface area contributed by atoms with Gasteiger partial charge in [0.2, 0.25) is 0 Å². The molecule has 3 aromatic carbocycles. The third kappa shape index (κ3) is 3.57. The van der Waals surface area contributed by atoms with Gasteiger partial charge in [0.05, 0.1) is 5.69 Å². The maximum atomic E-state index is 13.0. The lowest BCUT2D eigenvalue weighted by Crippen LogP contribution is -2.23. The Bertz CT molecular complexity index is 1160. The van der Waals surface area contributed by atoms with Gasteiger partial charge in [0.15, 0.2) is 5.78 Å². The Morgan fingerprint density at radius 2 is 1.70 bits per heavy atom. The van der Waals surface area contributed by atoms with Gasteiger partial charge in [-0.1, -0.05) is 74.0 Å². The first-order valence-electron chi connectivity index (χ1n) is 9.87. The molecule has 3 aromatic rings. The maximum Gasteiger partial charge on any atom is 0.195 e. The van der Waals surface area contributed by atoms with Crippen LogP contribution in [0.1, 0.15) is 35.3 Å². The average molecular weight is 415 g/mol. The maximum absolute atomic E-state index is 13.0. The number of fused-ring (bicyclic) bond motifs is 1. The van der Waals surface area contributed by atoms with Crippen LogP contribution in [0.3, 0.4) is 0 Å². The summed E-state index contributed by atoms with van der Waals surface area (Å²) in [5.41, 5.74) is 5.22. The molecule has 1 heterocycles. The fourth-order valence-electron chi connectivity index (χ4n) is 4.04. The molecule has 30 heavy (non-hydrogen) atoms. The number of anilines is 1. The van der Waals surface area contributed by atoms with Gasteiger partial charge in [0.1, 0.15) is 0 Å². The second kappa shape index (κ2) is 7.92. The lowest BCUT2D eigenvalue weighted by Gasteiger charge is -2.23. The third-order valence-electron chi connectivity index (χ3n) is 5.63. The van der Waals surface area contributed by atoms with Gasteiger partial charge in [-0.2, -0.15) is 0 Å². The van der Waals surface area contributed by atoms with Crippen LogP contribution in [-0.4, -0.2) is 19.0 Å². The number of aliphatic imine (C=N–C) groups is 1. The van der Waals surface area contributed by atoms with E-state index in [2.05, 4.69) is 55.1 Å². The van der Waals surface area contributed by atoms with Crippen LogP contribution in [0.25, 0.3) is 0 Å². The first-order chi connectivity index (χ1) is 14.4. The predicted molar refractivity (Wildman–Crippen MR) is 125 cm³/mol. The molecule has 0 aromatic heterocycles. The van der Waals surface area contributed by atoms with Crippen LogP contribution in [0.2, 0.25) is 5.02 Å². The summed E-state index contributed by atoms with van der Waals surface area (Å²) in [7, 11) is 2.07. The second-order valence-corrected chi connectivity index (χ2v) is 8.32. The number of rotatable bonds is 4. The van der Waals surface area contributed by atoms with Crippen molar-refractivity contribution in [1.29, 1.82) is 0 Å². The van der Waals surface area contributed by atoms with Crippen molar-refractivity contribution in [1.82, 2.24) is 0 Å². The first kappa shape index (κ1) is 20.1. The molecule has 0 saturated carbocycles. The Labute approximate surface area is 182 Å². The molecular formula is C26H23ClN2O. The second-order valence-electron chi connectivity index (χ2n) is 7.89. The number of allylic oxidation sites excluding steroid dienone is 2. The number of likely N-dealkylation sites (N-methyl/N-ethyl adjacent to an activating group) is 1. The molecule has 1 aliphatic rings. The summed E-state index contributed by atoms with van der Waals surface area (Å²) in [6.07, 6.45) is 3.79. The van der Waals surface area contributed by atoms with Crippen LogP contribution in [0.4, 0.5) is 11.4 Å². The minimum absolute atomic E-state index is 0.0939. The number of nitrogens with zero attached hydrogens (tertiary/aromatic N) is 2. The van der Waals surface area contributed by atoms with Gasteiger partial charge >= 0.3 is 0 Å². The molecule has 4 heteroatoms. The standard InChI is InChI=1S/C26H23ClN2O/c1-26(2)21-11-7-8-12-23(21)29(3)24(26)15-16-28-22-14-13-19(27)17-20(22)25(30)18-9-5-4-6-10-18/h4-17H,1-3H3/b24-15-,28-16?. The molecule has 4 rings (SSSR count). The van der Waals surface area contributed by atoms with Crippen LogP contribution < -0.4 is 4.90 Å². The van der Waals surface area contributed by atoms with E-state index in [0.29, 0.717) is 21.8 Å². The molecule has 0 radical (unpaired) electrons. The lowest BCUT2D eigenvalue weighted by atomic mass is 9.84. The zero-order valence-corrected chi connectivity index (χ0v) is 18.0. The highest BCUT2D eigenvalue weighted by Gasteiger charge is 2.37. The fraction of sp³-hybridized carbons (Fsp3) is 0.154. The van der Waals surface area contributed by atoms with E-state index in [9.17, 15) is 4.79 Å². The van der Waals surface area contributed by atoms with E-state index in [-0.39, 0.29) is 11.2 Å². The van der Waals surface area contributed by atoms with Gasteiger partial charge < -0.3 is 4.90 Å². The lowest BCUT2D eigenvalue weighted by molar-refractivity contribution is 0.103. The monoisotopic (exact) mass is 414 g/mol. The van der Waals surface area contributed by atoms with Gasteiger partial charge in [-0.3, -0.25) is 9.79 Å². The van der Waals surface area contributed by atoms with Crippen LogP contribution in [0, 0.1) is 0 Å². The van der Waals surface area contributed by atoms with Crippen molar-refractivity contribution in [2.75, 3.05) is 11.9 Å². The van der Waals surface area contributed by atoms with Crippen molar-refractivity contribution < 1.29 is 4.79 Å². The van der Waals surface area contributed by atoms with E-state index in [0.717, 1.165) is 5.70 Å². The smallest absolute Gasteiger partial charge is 0.195 e. The molecule has 3 nitrogen and oxygen atoms in total. The molecule has 0 unspecified atom stereocenters. The molecule has 0 saturated heterocycles. The summed E-state index contributed by atoms with van der Waals surface area (Å²) in [6, 6.07) is 22.8. The number of hydrogen-bond donors (Lipinski definition) is 0. The number of para-hydroxylation sites is 1. The van der Waals surface area contributed by atoms with E-state index in [1.165, 1.54) is 11.3 Å². The minimum Gasteiger partial charge on any atom is -0.347 e. The van der Waals surface area contributed by atoms with E-state index < -0.39 is 0 Å². The molecule has 0 bridgehead atoms. The van der Waals surface area contributed by atoms with Crippen molar-refractivity contribution >= 4 is 35.0 Å². The molecule has 0 aliphatic carbocycles. The molecular weight excluding hydrogens is 392 g/mol. The van der Waals surface area contributed by atoms with E-state index in [1.54, 1.807) is 36.5 Å². The summed E-state index contributed by atoms with van der Waals surface area (Å²) in [4.78, 5) is 19.8. The van der Waals surface area contributed by atoms with Gasteiger partial charge in [-0.25, -0.2) is 0 Å². The van der Waals surface area contributed by atoms with Crippen molar-refractivity contribution in [3.05, 3.63) is 106 Å². The van der Waals surface area contributed by atoms with Crippen molar-refractivity contribution in [3.63, 3.8) is 0 Å². The van der Waals surface area contributed by atoms with Gasteiger partial charge in [-0.15, -0.1) is 0 Å². The summed E-state index contributed by atoms with van der Waals surface area (Å²) in [5.74, 6) is -0.0939. The van der Waals surface area contributed by atoms with E-state index in [1.807, 2.05) is 24.3 Å². The summed E-state index contributed by atoms with van der Waals surface area (Å²) < 4.78 is 0. The molecule has 150 valence electrons. The van der Waals surface area contributed by atoms with Crippen LogP contribution in [0.15, 0.2) is 89.6 Å². The highest BCUT2D eigenvalue weighted by Crippen LogP contribution is 2.46. The Balaban J connectivity index is 1.68. The number of hydrogen-bond acceptors (Lipinski definition) is 3. The molecule has 0 atom stereocenters. The number of carbonyl (C=O) groups is 1. The molecule has 0 spiro atoms. The Kier molecular flexibility index (Phi) is 5.31. The Morgan fingerprint density at radius 3 is 2.43 bits per heavy atom. The van der Waals surface area contributed by atoms with Crippen molar-refractivity contribution in [2.24, 2.45) is 4.99 Å². The summed E-state index contributed by atoms with van der Waals surface area (Å²) >= 11 is 6.17.